The standard InChI is InChI=1S/C18H17BrN6O2/c1-24-9-12(7-21-24)13-8-22-25-17(20)15(19)16(23-18(13)25)11-4-2-10(3-5-11)6-14(26)27/h2-5,8-9,21H,6-7,20H2,1H3,(H,26,27). The van der Waals surface area contributed by atoms with Crippen molar-refractivity contribution in [3.8, 4) is 11.3 Å². The van der Waals surface area contributed by atoms with Crippen molar-refractivity contribution in [1.82, 2.24) is 25.0 Å². The summed E-state index contributed by atoms with van der Waals surface area (Å²) < 4.78 is 2.26. The molecule has 4 rings (SSSR count). The minimum atomic E-state index is -0.861. The first kappa shape index (κ1) is 17.5. The van der Waals surface area contributed by atoms with Crippen LogP contribution in [-0.4, -0.2) is 44.3 Å². The number of aliphatic carboxylic acids is 1. The summed E-state index contributed by atoms with van der Waals surface area (Å²) in [6.45, 7) is 0.689. The summed E-state index contributed by atoms with van der Waals surface area (Å²) in [4.78, 5) is 15.7. The summed E-state index contributed by atoms with van der Waals surface area (Å²) in [6.07, 6.45) is 3.74. The third-order valence-electron chi connectivity index (χ3n) is 4.42. The van der Waals surface area contributed by atoms with Crippen molar-refractivity contribution in [2.24, 2.45) is 0 Å². The molecule has 0 amide bonds. The lowest BCUT2D eigenvalue weighted by Crippen LogP contribution is -2.23. The molecule has 2 aromatic heterocycles. The first-order valence-electron chi connectivity index (χ1n) is 8.25. The Kier molecular flexibility index (Phi) is 4.33. The molecule has 0 unspecified atom stereocenters. The maximum Gasteiger partial charge on any atom is 0.307 e. The molecule has 3 aromatic rings. The highest BCUT2D eigenvalue weighted by Gasteiger charge is 2.20. The van der Waals surface area contributed by atoms with Gasteiger partial charge in [-0.25, -0.2) is 10.4 Å². The number of rotatable bonds is 4. The van der Waals surface area contributed by atoms with E-state index in [9.17, 15) is 4.79 Å². The Morgan fingerprint density at radius 1 is 1.37 bits per heavy atom. The molecule has 27 heavy (non-hydrogen) atoms. The quantitative estimate of drug-likeness (QED) is 0.583. The summed E-state index contributed by atoms with van der Waals surface area (Å²) in [6, 6.07) is 7.27. The van der Waals surface area contributed by atoms with Gasteiger partial charge < -0.3 is 15.8 Å². The van der Waals surface area contributed by atoms with Crippen LogP contribution >= 0.6 is 15.9 Å². The van der Waals surface area contributed by atoms with Crippen LogP contribution in [0.2, 0.25) is 0 Å². The summed E-state index contributed by atoms with van der Waals surface area (Å²) in [5, 5.41) is 15.2. The third-order valence-corrected chi connectivity index (χ3v) is 5.20. The molecule has 0 spiro atoms. The molecule has 1 aliphatic rings. The summed E-state index contributed by atoms with van der Waals surface area (Å²) in [5.41, 5.74) is 14.4. The Bertz CT molecular complexity index is 1070. The highest BCUT2D eigenvalue weighted by Crippen LogP contribution is 2.34. The number of nitrogens with zero attached hydrogens (tertiary/aromatic N) is 4. The molecule has 0 atom stereocenters. The van der Waals surface area contributed by atoms with E-state index in [1.807, 2.05) is 30.4 Å². The number of fused-ring (bicyclic) bond motifs is 1. The van der Waals surface area contributed by atoms with E-state index in [4.69, 9.17) is 15.8 Å². The summed E-state index contributed by atoms with van der Waals surface area (Å²) in [5.74, 6) is -0.407. The average molecular weight is 429 g/mol. The van der Waals surface area contributed by atoms with Crippen LogP contribution in [0.3, 0.4) is 0 Å². The fourth-order valence-corrected chi connectivity index (χ4v) is 3.55. The molecule has 8 nitrogen and oxygen atoms in total. The van der Waals surface area contributed by atoms with Gasteiger partial charge in [-0.3, -0.25) is 4.79 Å². The maximum atomic E-state index is 10.9. The number of nitrogens with two attached hydrogens (primary N) is 1. The van der Waals surface area contributed by atoms with Gasteiger partial charge in [0.05, 0.1) is 22.8 Å². The van der Waals surface area contributed by atoms with Crippen LogP contribution in [0.1, 0.15) is 11.1 Å². The van der Waals surface area contributed by atoms with Crippen LogP contribution in [-0.2, 0) is 11.2 Å². The van der Waals surface area contributed by atoms with Crippen LogP contribution in [0.5, 0.6) is 0 Å². The number of hydrogen-bond donors (Lipinski definition) is 3. The summed E-state index contributed by atoms with van der Waals surface area (Å²) >= 11 is 3.52. The molecule has 0 radical (unpaired) electrons. The fourth-order valence-electron chi connectivity index (χ4n) is 3.07. The van der Waals surface area contributed by atoms with Crippen LogP contribution in [0.25, 0.3) is 22.5 Å². The lowest BCUT2D eigenvalue weighted by Gasteiger charge is -2.10. The number of hydrazine groups is 1. The molecule has 9 heteroatoms. The van der Waals surface area contributed by atoms with Gasteiger partial charge in [0.2, 0.25) is 0 Å². The van der Waals surface area contributed by atoms with E-state index >= 15 is 0 Å². The van der Waals surface area contributed by atoms with Gasteiger partial charge in [0.1, 0.15) is 5.82 Å². The largest absolute Gasteiger partial charge is 0.481 e. The van der Waals surface area contributed by atoms with Gasteiger partial charge in [0.15, 0.2) is 5.65 Å². The van der Waals surface area contributed by atoms with E-state index in [0.717, 1.165) is 22.3 Å². The van der Waals surface area contributed by atoms with Crippen molar-refractivity contribution in [3.05, 3.63) is 52.3 Å². The maximum absolute atomic E-state index is 10.9. The third kappa shape index (κ3) is 3.15. The number of nitrogen functional groups attached to an aromatic ring is 1. The predicted molar refractivity (Wildman–Crippen MR) is 106 cm³/mol. The van der Waals surface area contributed by atoms with E-state index in [1.54, 1.807) is 22.8 Å². The van der Waals surface area contributed by atoms with Crippen molar-refractivity contribution >= 4 is 38.9 Å². The van der Waals surface area contributed by atoms with Crippen molar-refractivity contribution < 1.29 is 9.90 Å². The van der Waals surface area contributed by atoms with Gasteiger partial charge in [-0.1, -0.05) is 24.3 Å². The molecule has 1 aliphatic heterocycles. The highest BCUT2D eigenvalue weighted by atomic mass is 79.9. The van der Waals surface area contributed by atoms with Crippen molar-refractivity contribution in [2.45, 2.75) is 6.42 Å². The van der Waals surface area contributed by atoms with Crippen LogP contribution < -0.4 is 11.2 Å². The van der Waals surface area contributed by atoms with Crippen LogP contribution in [0, 0.1) is 0 Å². The van der Waals surface area contributed by atoms with Gasteiger partial charge in [0.25, 0.3) is 0 Å². The Hall–Kier alpha value is -2.91. The molecule has 0 aliphatic carbocycles. The molecule has 0 saturated heterocycles. The molecule has 4 N–H and O–H groups in total. The number of halogens is 1. The SMILES string of the molecule is CN1C=C(c2cnn3c(N)c(Br)c(-c4ccc(CC(=O)O)cc4)nc23)CN1. The number of aromatic nitrogens is 3. The van der Waals surface area contributed by atoms with Crippen LogP contribution in [0.15, 0.2) is 41.1 Å². The fraction of sp³-hybridized carbons (Fsp3) is 0.167. The Labute approximate surface area is 163 Å². The van der Waals surface area contributed by atoms with Gasteiger partial charge in [-0.15, -0.1) is 0 Å². The minimum absolute atomic E-state index is 0.0164. The smallest absolute Gasteiger partial charge is 0.307 e. The zero-order valence-electron chi connectivity index (χ0n) is 14.5. The van der Waals surface area contributed by atoms with Crippen molar-refractivity contribution in [1.29, 1.82) is 0 Å². The predicted octanol–water partition coefficient (Wildman–Crippen LogP) is 2.16. The molecule has 138 valence electrons. The molecule has 3 heterocycles. The zero-order chi connectivity index (χ0) is 19.1. The molecule has 0 bridgehead atoms. The first-order valence-corrected chi connectivity index (χ1v) is 9.04. The number of hydrogen-bond acceptors (Lipinski definition) is 6. The van der Waals surface area contributed by atoms with E-state index in [-0.39, 0.29) is 6.42 Å². The average Bonchev–Trinajstić information content (AvgIpc) is 3.24. The van der Waals surface area contributed by atoms with Crippen molar-refractivity contribution in [3.63, 3.8) is 0 Å². The number of anilines is 1. The first-order chi connectivity index (χ1) is 12.9. The molecule has 0 fully saturated rings. The molecular weight excluding hydrogens is 412 g/mol. The van der Waals surface area contributed by atoms with E-state index in [1.165, 1.54) is 0 Å². The number of carboxylic acids is 1. The van der Waals surface area contributed by atoms with E-state index in [0.29, 0.717) is 28.2 Å². The van der Waals surface area contributed by atoms with E-state index in [2.05, 4.69) is 26.5 Å². The van der Waals surface area contributed by atoms with E-state index < -0.39 is 5.97 Å². The highest BCUT2D eigenvalue weighted by molar-refractivity contribution is 9.10. The molecule has 1 aromatic carbocycles. The number of carboxylic acid groups (broad SMARTS) is 1. The van der Waals surface area contributed by atoms with Gasteiger partial charge >= 0.3 is 5.97 Å². The summed E-state index contributed by atoms with van der Waals surface area (Å²) in [7, 11) is 1.93. The topological polar surface area (TPSA) is 109 Å². The second kappa shape index (κ2) is 6.67. The number of nitrogens with one attached hydrogen (secondary N) is 1. The molecular formula is C18H17BrN6O2. The number of carbonyl (C=O) groups is 1. The van der Waals surface area contributed by atoms with Crippen LogP contribution in [0.4, 0.5) is 5.82 Å². The zero-order valence-corrected chi connectivity index (χ0v) is 16.1. The Morgan fingerprint density at radius 3 is 2.74 bits per heavy atom. The lowest BCUT2D eigenvalue weighted by atomic mass is 10.1. The molecule has 0 saturated carbocycles. The van der Waals surface area contributed by atoms with Gasteiger partial charge in [-0.2, -0.15) is 9.61 Å². The monoisotopic (exact) mass is 428 g/mol. The lowest BCUT2D eigenvalue weighted by molar-refractivity contribution is -0.136. The Morgan fingerprint density at radius 2 is 2.11 bits per heavy atom. The number of benzene rings is 1. The Balaban J connectivity index is 1.82. The minimum Gasteiger partial charge on any atom is -0.481 e. The normalized spacial score (nSPS) is 14.0. The van der Waals surface area contributed by atoms with Gasteiger partial charge in [0, 0.05) is 30.9 Å². The second-order valence-corrected chi connectivity index (χ2v) is 7.11. The second-order valence-electron chi connectivity index (χ2n) is 6.32. The van der Waals surface area contributed by atoms with Gasteiger partial charge in [-0.05, 0) is 27.1 Å². The van der Waals surface area contributed by atoms with Crippen molar-refractivity contribution in [2.75, 3.05) is 19.3 Å².